The minimum absolute atomic E-state index is 0.0744. The third kappa shape index (κ3) is 4.15. The summed E-state index contributed by atoms with van der Waals surface area (Å²) in [4.78, 5) is -1.58. The molecule has 0 spiro atoms. The van der Waals surface area contributed by atoms with Gasteiger partial charge in [-0.05, 0) is 19.5 Å². The van der Waals surface area contributed by atoms with Crippen LogP contribution in [0.5, 0.6) is 0 Å². The molecular weight excluding hydrogens is 419 g/mol. The van der Waals surface area contributed by atoms with E-state index in [1.165, 1.54) is 11.4 Å². The summed E-state index contributed by atoms with van der Waals surface area (Å²) in [6, 6.07) is 17.4. The number of thiocarbonyl (C=S) groups is 1. The van der Waals surface area contributed by atoms with Gasteiger partial charge < -0.3 is 4.55 Å². The topological polar surface area (TPSA) is 50.4 Å². The number of hydrogen-bond acceptors (Lipinski definition) is 4. The number of nitrogens with one attached hydrogen (secondary N) is 2. The largest absolute Gasteiger partial charge is 0.591 e. The maximum absolute atomic E-state index is 13.7. The van der Waals surface area contributed by atoms with Gasteiger partial charge in [-0.3, -0.25) is 10.6 Å². The van der Waals surface area contributed by atoms with Crippen LogP contribution < -0.4 is 10.6 Å². The fraction of sp³-hybridized carbons (Fsp3) is 0.350. The minimum Gasteiger partial charge on any atom is -0.591 e. The van der Waals surface area contributed by atoms with Gasteiger partial charge in [0.25, 0.3) is 0 Å². The number of alkyl halides is 3. The molecule has 0 aromatic heterocycles. The molecule has 2 N–H and O–H groups in total. The molecule has 1 aliphatic rings. The lowest BCUT2D eigenvalue weighted by atomic mass is 9.93. The smallest absolute Gasteiger partial charge is 0.396 e. The number of halogens is 3. The van der Waals surface area contributed by atoms with E-state index in [0.717, 1.165) is 5.56 Å². The number of rotatable bonds is 6. The van der Waals surface area contributed by atoms with Gasteiger partial charge in [0, 0.05) is 5.56 Å². The molecule has 0 radical (unpaired) electrons. The van der Waals surface area contributed by atoms with Gasteiger partial charge in [0.15, 0.2) is 4.99 Å². The van der Waals surface area contributed by atoms with Crippen LogP contribution in [0.3, 0.4) is 0 Å². The highest BCUT2D eigenvalue weighted by atomic mass is 32.2. The number of nitrogens with zero attached hydrogens (tertiary/aromatic N) is 1. The maximum Gasteiger partial charge on any atom is 0.396 e. The fourth-order valence-corrected chi connectivity index (χ4v) is 5.67. The molecule has 0 amide bonds. The van der Waals surface area contributed by atoms with Gasteiger partial charge in [0.05, 0.1) is 16.9 Å². The van der Waals surface area contributed by atoms with Gasteiger partial charge in [-0.25, -0.2) is 0 Å². The molecule has 0 aliphatic carbocycles. The Hall–Kier alpha value is -1.65. The van der Waals surface area contributed by atoms with E-state index in [1.807, 2.05) is 37.3 Å². The first-order valence-corrected chi connectivity index (χ1v) is 10.5. The molecule has 1 aliphatic heterocycles. The normalized spacial score (nSPS) is 23.1. The summed E-state index contributed by atoms with van der Waals surface area (Å²) in [5.41, 5.74) is 0.338. The molecule has 1 fully saturated rings. The van der Waals surface area contributed by atoms with Crippen molar-refractivity contribution in [2.24, 2.45) is 0 Å². The lowest BCUT2D eigenvalue weighted by Crippen LogP contribution is -2.56. The summed E-state index contributed by atoms with van der Waals surface area (Å²) >= 11 is 3.46. The molecule has 1 heterocycles. The Morgan fingerprint density at radius 1 is 1.14 bits per heavy atom. The highest BCUT2D eigenvalue weighted by Gasteiger charge is 2.57. The second-order valence-corrected chi connectivity index (χ2v) is 9.02. The van der Waals surface area contributed by atoms with E-state index in [2.05, 4.69) is 10.6 Å². The van der Waals surface area contributed by atoms with Crippen LogP contribution in [-0.4, -0.2) is 33.7 Å². The van der Waals surface area contributed by atoms with Crippen molar-refractivity contribution in [1.82, 2.24) is 14.9 Å². The molecule has 1 saturated heterocycles. The van der Waals surface area contributed by atoms with Crippen LogP contribution in [0.4, 0.5) is 13.2 Å². The molecule has 3 rings (SSSR count). The first-order chi connectivity index (χ1) is 13.6. The second-order valence-electron chi connectivity index (χ2n) is 6.99. The van der Waals surface area contributed by atoms with Crippen LogP contribution in [0.25, 0.3) is 0 Å². The third-order valence-corrected chi connectivity index (χ3v) is 7.81. The number of benzene rings is 2. The predicted molar refractivity (Wildman–Crippen MR) is 112 cm³/mol. The van der Waals surface area contributed by atoms with Crippen molar-refractivity contribution in [2.45, 2.75) is 29.9 Å². The lowest BCUT2D eigenvalue weighted by molar-refractivity contribution is -0.144. The van der Waals surface area contributed by atoms with Crippen LogP contribution >= 0.6 is 12.2 Å². The van der Waals surface area contributed by atoms with E-state index in [-0.39, 0.29) is 12.2 Å². The zero-order valence-corrected chi connectivity index (χ0v) is 17.6. The maximum atomic E-state index is 13.7. The van der Waals surface area contributed by atoms with Crippen molar-refractivity contribution in [2.75, 3.05) is 13.7 Å². The standard InChI is InChI=1S/C20H22F3N3OS2/c1-18(15-9-5-3-6-10-15)17(28)26(14-25-18)29(27)19(24-2,13-20(21,22)23)16-11-7-4-8-12-16/h3-12,24-25H,13-14H2,1-2H3. The fourth-order valence-electron chi connectivity index (χ4n) is 3.52. The van der Waals surface area contributed by atoms with Crippen LogP contribution in [0.2, 0.25) is 0 Å². The van der Waals surface area contributed by atoms with E-state index in [4.69, 9.17) is 12.2 Å². The van der Waals surface area contributed by atoms with E-state index in [1.54, 1.807) is 30.3 Å². The van der Waals surface area contributed by atoms with Crippen LogP contribution in [-0.2, 0) is 21.8 Å². The zero-order valence-electron chi connectivity index (χ0n) is 16.0. The van der Waals surface area contributed by atoms with Gasteiger partial charge >= 0.3 is 6.18 Å². The van der Waals surface area contributed by atoms with Crippen LogP contribution in [0, 0.1) is 0 Å². The average molecular weight is 442 g/mol. The van der Waals surface area contributed by atoms with Gasteiger partial charge in [-0.15, -0.1) is 0 Å². The van der Waals surface area contributed by atoms with E-state index < -0.39 is 34.4 Å². The SMILES string of the molecule is CNC(CC(F)(F)F)(c1ccccc1)[S+]([O-])N1CNC(C)(c2ccccc2)C1=S. The van der Waals surface area contributed by atoms with Crippen LogP contribution in [0.1, 0.15) is 24.5 Å². The van der Waals surface area contributed by atoms with E-state index >= 15 is 0 Å². The molecule has 4 nitrogen and oxygen atoms in total. The Morgan fingerprint density at radius 2 is 1.69 bits per heavy atom. The van der Waals surface area contributed by atoms with E-state index in [9.17, 15) is 17.7 Å². The van der Waals surface area contributed by atoms with Crippen molar-refractivity contribution in [3.63, 3.8) is 0 Å². The van der Waals surface area contributed by atoms with E-state index in [0.29, 0.717) is 4.99 Å². The molecule has 2 aromatic rings. The van der Waals surface area contributed by atoms with Gasteiger partial charge in [-0.2, -0.15) is 17.5 Å². The monoisotopic (exact) mass is 441 g/mol. The third-order valence-electron chi connectivity index (χ3n) is 5.17. The summed E-state index contributed by atoms with van der Waals surface area (Å²) in [5, 5.41) is 5.93. The molecule has 156 valence electrons. The molecule has 9 heteroatoms. The van der Waals surface area contributed by atoms with Gasteiger partial charge in [0.2, 0.25) is 4.87 Å². The molecule has 2 aromatic carbocycles. The molecular formula is C20H22F3N3OS2. The highest BCUT2D eigenvalue weighted by Crippen LogP contribution is 2.42. The predicted octanol–water partition coefficient (Wildman–Crippen LogP) is 3.78. The summed E-state index contributed by atoms with van der Waals surface area (Å²) in [7, 11) is 1.39. The zero-order chi connectivity index (χ0) is 21.3. The van der Waals surface area contributed by atoms with Crippen LogP contribution in [0.15, 0.2) is 60.7 Å². The Bertz CT molecular complexity index is 853. The minimum atomic E-state index is -4.54. The molecule has 3 atom stereocenters. The first-order valence-electron chi connectivity index (χ1n) is 9.00. The molecule has 29 heavy (non-hydrogen) atoms. The molecule has 0 saturated carbocycles. The number of hydrogen-bond donors (Lipinski definition) is 2. The Morgan fingerprint density at radius 3 is 2.21 bits per heavy atom. The van der Waals surface area contributed by atoms with Gasteiger partial charge in [0.1, 0.15) is 13.1 Å². The summed E-state index contributed by atoms with van der Waals surface area (Å²) in [6.45, 7) is 1.92. The molecule has 0 bridgehead atoms. The average Bonchev–Trinajstić information content (AvgIpc) is 3.02. The molecule has 3 unspecified atom stereocenters. The van der Waals surface area contributed by atoms with Crippen molar-refractivity contribution in [3.05, 3.63) is 71.8 Å². The lowest BCUT2D eigenvalue weighted by Gasteiger charge is -2.39. The van der Waals surface area contributed by atoms with Crippen molar-refractivity contribution in [3.8, 4) is 0 Å². The second kappa shape index (κ2) is 8.23. The summed E-state index contributed by atoms with van der Waals surface area (Å²) in [5.74, 6) is 0. The Balaban J connectivity index is 2.01. The summed E-state index contributed by atoms with van der Waals surface area (Å²) in [6.07, 6.45) is -5.83. The van der Waals surface area contributed by atoms with Gasteiger partial charge in [-0.1, -0.05) is 72.9 Å². The van der Waals surface area contributed by atoms with Crippen molar-refractivity contribution in [1.29, 1.82) is 0 Å². The van der Waals surface area contributed by atoms with Crippen molar-refractivity contribution < 1.29 is 17.7 Å². The van der Waals surface area contributed by atoms with Crippen molar-refractivity contribution >= 4 is 28.6 Å². The quantitative estimate of drug-likeness (QED) is 0.528. The Labute approximate surface area is 176 Å². The Kier molecular flexibility index (Phi) is 6.26. The first kappa shape index (κ1) is 22.0. The highest BCUT2D eigenvalue weighted by molar-refractivity contribution is 7.92. The summed E-state index contributed by atoms with van der Waals surface area (Å²) < 4.78 is 55.6.